The molecule has 1 atom stereocenters. The van der Waals surface area contributed by atoms with Crippen LogP contribution in [0.15, 0.2) is 51.7 Å². The van der Waals surface area contributed by atoms with E-state index in [2.05, 4.69) is 26.6 Å². The van der Waals surface area contributed by atoms with E-state index in [1.165, 1.54) is 31.9 Å². The molecule has 3 aromatic rings. The van der Waals surface area contributed by atoms with Crippen LogP contribution in [0.3, 0.4) is 0 Å². The maximum atomic E-state index is 15.6. The summed E-state index contributed by atoms with van der Waals surface area (Å²) in [5, 5.41) is 6.43. The number of aromatic amines is 1. The zero-order valence-corrected chi connectivity index (χ0v) is 20.4. The molecule has 186 valence electrons. The minimum atomic E-state index is -1.19. The van der Waals surface area contributed by atoms with Crippen molar-refractivity contribution < 1.29 is 22.7 Å². The molecule has 0 amide bonds. The van der Waals surface area contributed by atoms with E-state index in [0.29, 0.717) is 0 Å². The maximum absolute atomic E-state index is 15.6. The molecule has 1 unspecified atom stereocenters. The molecular formula is C25H27F2N3O4S. The Bertz CT molecular complexity index is 1240. The molecule has 1 aliphatic heterocycles. The van der Waals surface area contributed by atoms with Gasteiger partial charge in [-0.05, 0) is 30.5 Å². The highest BCUT2D eigenvalue weighted by molar-refractivity contribution is 7.97. The summed E-state index contributed by atoms with van der Waals surface area (Å²) in [5.41, 5.74) is 0.381. The van der Waals surface area contributed by atoms with Crippen molar-refractivity contribution in [2.75, 3.05) is 20.8 Å². The van der Waals surface area contributed by atoms with Crippen LogP contribution in [-0.4, -0.2) is 41.1 Å². The lowest BCUT2D eigenvalue weighted by Gasteiger charge is -2.52. The fraction of sp³-hybridized carbons (Fsp3) is 0.440. The number of nitrogens with zero attached hydrogens (tertiary/aromatic N) is 2. The predicted octanol–water partition coefficient (Wildman–Crippen LogP) is 4.70. The number of methoxy groups -OCH3 is 2. The van der Waals surface area contributed by atoms with Crippen molar-refractivity contribution in [2.45, 2.75) is 48.7 Å². The third kappa shape index (κ3) is 4.44. The lowest BCUT2D eigenvalue weighted by Crippen LogP contribution is -2.58. The molecule has 1 aliphatic carbocycles. The van der Waals surface area contributed by atoms with Crippen molar-refractivity contribution in [1.82, 2.24) is 14.5 Å². The fourth-order valence-corrected chi connectivity index (χ4v) is 6.51. The number of halogens is 2. The van der Waals surface area contributed by atoms with E-state index in [-0.39, 0.29) is 41.7 Å². The van der Waals surface area contributed by atoms with Crippen LogP contribution in [0.1, 0.15) is 53.5 Å². The van der Waals surface area contributed by atoms with E-state index in [4.69, 9.17) is 13.9 Å². The first-order valence-electron chi connectivity index (χ1n) is 11.5. The largest absolute Gasteiger partial charge is 0.434 e. The second-order valence-corrected chi connectivity index (χ2v) is 10.4. The minimum absolute atomic E-state index is 0.0180. The van der Waals surface area contributed by atoms with E-state index in [1.807, 2.05) is 18.2 Å². The Kier molecular flexibility index (Phi) is 6.56. The fourth-order valence-electron chi connectivity index (χ4n) is 5.15. The minimum Gasteiger partial charge on any atom is -0.391 e. The van der Waals surface area contributed by atoms with E-state index in [9.17, 15) is 4.79 Å². The van der Waals surface area contributed by atoms with Gasteiger partial charge in [0.25, 0.3) is 0 Å². The van der Waals surface area contributed by atoms with Gasteiger partial charge in [-0.15, -0.1) is 5.10 Å². The summed E-state index contributed by atoms with van der Waals surface area (Å²) in [5.74, 6) is -2.89. The molecule has 1 saturated heterocycles. The van der Waals surface area contributed by atoms with Gasteiger partial charge in [0.2, 0.25) is 5.89 Å². The average molecular weight is 504 g/mol. The highest BCUT2D eigenvalue weighted by Gasteiger charge is 2.61. The van der Waals surface area contributed by atoms with E-state index in [1.54, 1.807) is 11.9 Å². The lowest BCUT2D eigenvalue weighted by atomic mass is 9.60. The molecule has 1 saturated carbocycles. The van der Waals surface area contributed by atoms with E-state index in [0.717, 1.165) is 19.4 Å². The number of H-pyrrole nitrogens is 1. The molecule has 35 heavy (non-hydrogen) atoms. The van der Waals surface area contributed by atoms with Crippen molar-refractivity contribution in [2.24, 2.45) is 0 Å². The topological polar surface area (TPSA) is 80.6 Å². The van der Waals surface area contributed by atoms with Crippen molar-refractivity contribution in [3.63, 3.8) is 0 Å². The van der Waals surface area contributed by atoms with Gasteiger partial charge in [0.05, 0.1) is 5.41 Å². The standard InChI is InChI=1S/C25H27F2N3O4S/c1-32-25(33-2)14-24(15-25,22-28-29-23(31)34-22)18-12-19(26)17(11-20(18)27)13-30-10-6-9-21(35-30)16-7-4-3-5-8-16/h3-5,7-8,11-12,21H,6,9-10,13-15H2,1-2H3,(H,29,31). The number of ether oxygens (including phenoxy) is 2. The number of nitrogens with one attached hydrogen (secondary N) is 1. The summed E-state index contributed by atoms with van der Waals surface area (Å²) in [6, 6.07) is 12.6. The first-order chi connectivity index (χ1) is 16.9. The highest BCUT2D eigenvalue weighted by Crippen LogP contribution is 2.56. The van der Waals surface area contributed by atoms with Gasteiger partial charge in [0.15, 0.2) is 5.79 Å². The summed E-state index contributed by atoms with van der Waals surface area (Å²) in [6.07, 6.45) is 2.26. The molecule has 7 nitrogen and oxygen atoms in total. The Labute approximate surface area is 205 Å². The van der Waals surface area contributed by atoms with Gasteiger partial charge >= 0.3 is 5.76 Å². The van der Waals surface area contributed by atoms with Crippen molar-refractivity contribution >= 4 is 11.9 Å². The monoisotopic (exact) mass is 503 g/mol. The maximum Gasteiger partial charge on any atom is 0.434 e. The van der Waals surface area contributed by atoms with Gasteiger partial charge in [0, 0.05) is 56.5 Å². The van der Waals surface area contributed by atoms with Crippen LogP contribution in [0, 0.1) is 11.6 Å². The van der Waals surface area contributed by atoms with Gasteiger partial charge in [-0.2, -0.15) is 0 Å². The third-order valence-electron chi connectivity index (χ3n) is 7.05. The number of aromatic nitrogens is 2. The van der Waals surface area contributed by atoms with Crippen molar-refractivity contribution in [1.29, 1.82) is 0 Å². The molecule has 2 heterocycles. The summed E-state index contributed by atoms with van der Waals surface area (Å²) in [7, 11) is 2.96. The summed E-state index contributed by atoms with van der Waals surface area (Å²) in [4.78, 5) is 11.6. The zero-order chi connectivity index (χ0) is 24.6. The van der Waals surface area contributed by atoms with Crippen molar-refractivity contribution in [3.05, 3.63) is 87.2 Å². The van der Waals surface area contributed by atoms with Crippen LogP contribution in [0.4, 0.5) is 8.78 Å². The second-order valence-electron chi connectivity index (χ2n) is 9.11. The van der Waals surface area contributed by atoms with E-state index >= 15 is 8.78 Å². The van der Waals surface area contributed by atoms with Crippen LogP contribution >= 0.6 is 11.9 Å². The molecular weight excluding hydrogens is 476 g/mol. The highest BCUT2D eigenvalue weighted by atomic mass is 32.2. The Morgan fingerprint density at radius 3 is 2.57 bits per heavy atom. The Morgan fingerprint density at radius 2 is 1.91 bits per heavy atom. The lowest BCUT2D eigenvalue weighted by molar-refractivity contribution is -0.275. The Hall–Kier alpha value is -2.53. The number of benzene rings is 2. The first-order valence-corrected chi connectivity index (χ1v) is 12.3. The van der Waals surface area contributed by atoms with Gasteiger partial charge in [-0.3, -0.25) is 0 Å². The molecule has 0 bridgehead atoms. The second kappa shape index (κ2) is 9.50. The smallest absolute Gasteiger partial charge is 0.391 e. The number of hydrogen-bond donors (Lipinski definition) is 1. The first kappa shape index (κ1) is 24.2. The summed E-state index contributed by atoms with van der Waals surface area (Å²) in [6.45, 7) is 1.07. The molecule has 2 fully saturated rings. The molecule has 0 radical (unpaired) electrons. The quantitative estimate of drug-likeness (QED) is 0.370. The van der Waals surface area contributed by atoms with Crippen LogP contribution in [0.5, 0.6) is 0 Å². The molecule has 1 N–H and O–H groups in total. The molecule has 2 aromatic carbocycles. The van der Waals surface area contributed by atoms with Gasteiger partial charge < -0.3 is 13.9 Å². The average Bonchev–Trinajstić information content (AvgIpc) is 3.29. The van der Waals surface area contributed by atoms with Crippen LogP contribution in [0.25, 0.3) is 0 Å². The predicted molar refractivity (Wildman–Crippen MR) is 127 cm³/mol. The molecule has 1 aromatic heterocycles. The van der Waals surface area contributed by atoms with E-state index < -0.39 is 28.6 Å². The van der Waals surface area contributed by atoms with Crippen LogP contribution < -0.4 is 5.76 Å². The molecule has 10 heteroatoms. The van der Waals surface area contributed by atoms with Crippen LogP contribution in [0.2, 0.25) is 0 Å². The normalized spacial score (nSPS) is 21.5. The summed E-state index contributed by atoms with van der Waals surface area (Å²) >= 11 is 1.67. The number of rotatable bonds is 7. The zero-order valence-electron chi connectivity index (χ0n) is 19.6. The van der Waals surface area contributed by atoms with Gasteiger partial charge in [0.1, 0.15) is 11.6 Å². The van der Waals surface area contributed by atoms with Crippen molar-refractivity contribution in [3.8, 4) is 0 Å². The Balaban J connectivity index is 1.41. The summed E-state index contributed by atoms with van der Waals surface area (Å²) < 4.78 is 49.2. The molecule has 5 rings (SSSR count). The van der Waals surface area contributed by atoms with Gasteiger partial charge in [-0.25, -0.2) is 23.0 Å². The molecule has 2 aliphatic rings. The Morgan fingerprint density at radius 1 is 1.17 bits per heavy atom. The SMILES string of the molecule is COC1(OC)CC(c2n[nH]c(=O)o2)(c2cc(F)c(CN3CCCC(c4ccccc4)S3)cc2F)C1. The third-order valence-corrected chi connectivity index (χ3v) is 8.43. The number of hydrogen-bond acceptors (Lipinski definition) is 7. The van der Waals surface area contributed by atoms with Crippen LogP contribution in [-0.2, 0) is 21.4 Å². The van der Waals surface area contributed by atoms with Gasteiger partial charge in [-0.1, -0.05) is 42.3 Å². The molecule has 0 spiro atoms.